The van der Waals surface area contributed by atoms with Crippen molar-refractivity contribution in [2.75, 3.05) is 7.11 Å². The maximum absolute atomic E-state index is 8.90. The van der Waals surface area contributed by atoms with Crippen LogP contribution in [0.3, 0.4) is 0 Å². The van der Waals surface area contributed by atoms with Gasteiger partial charge in [0.1, 0.15) is 6.10 Å². The maximum Gasteiger partial charge on any atom is 0.182 e. The van der Waals surface area contributed by atoms with Crippen LogP contribution in [0, 0.1) is 0 Å². The number of aliphatic hydroxyl groups is 2. The van der Waals surface area contributed by atoms with Gasteiger partial charge in [-0.2, -0.15) is 0 Å². The van der Waals surface area contributed by atoms with Gasteiger partial charge in [0.05, 0.1) is 0 Å². The average molecular weight is 168 g/mol. The van der Waals surface area contributed by atoms with Crippen LogP contribution < -0.4 is 0 Å². The van der Waals surface area contributed by atoms with Crippen LogP contribution >= 0.6 is 0 Å². The third-order valence-electron chi connectivity index (χ3n) is 1.65. The molecule has 0 amide bonds. The summed E-state index contributed by atoms with van der Waals surface area (Å²) < 4.78 is 4.90. The summed E-state index contributed by atoms with van der Waals surface area (Å²) in [6.45, 7) is 0. The molecule has 2 N–H and O–H groups in total. The van der Waals surface area contributed by atoms with Gasteiger partial charge in [-0.3, -0.25) is 0 Å². The Balaban J connectivity index is 2.80. The largest absolute Gasteiger partial charge is 0.371 e. The van der Waals surface area contributed by atoms with Crippen molar-refractivity contribution in [3.05, 3.63) is 35.9 Å². The molecule has 0 saturated heterocycles. The Bertz CT molecular complexity index is 220. The summed E-state index contributed by atoms with van der Waals surface area (Å²) in [5, 5.41) is 17.8. The summed E-state index contributed by atoms with van der Waals surface area (Å²) in [5.41, 5.74) is 0.759. The number of aliphatic hydroxyl groups excluding tert-OH is 1. The second-order valence-electron chi connectivity index (χ2n) is 2.48. The van der Waals surface area contributed by atoms with Gasteiger partial charge in [0.25, 0.3) is 0 Å². The van der Waals surface area contributed by atoms with E-state index in [4.69, 9.17) is 14.9 Å². The number of hydrogen-bond acceptors (Lipinski definition) is 3. The van der Waals surface area contributed by atoms with Crippen molar-refractivity contribution in [3.8, 4) is 0 Å². The van der Waals surface area contributed by atoms with E-state index in [1.165, 1.54) is 7.11 Å². The molecule has 1 aromatic rings. The highest BCUT2D eigenvalue weighted by Crippen LogP contribution is 2.18. The molecule has 0 aliphatic rings. The normalized spacial score (nSPS) is 13.3. The van der Waals surface area contributed by atoms with E-state index in [2.05, 4.69) is 0 Å². The minimum Gasteiger partial charge on any atom is -0.371 e. The Hall–Kier alpha value is -0.900. The van der Waals surface area contributed by atoms with E-state index in [0.717, 1.165) is 5.56 Å². The summed E-state index contributed by atoms with van der Waals surface area (Å²) in [6, 6.07) is 9.08. The van der Waals surface area contributed by atoms with Gasteiger partial charge in [-0.1, -0.05) is 30.3 Å². The lowest BCUT2D eigenvalue weighted by Crippen LogP contribution is -2.19. The van der Waals surface area contributed by atoms with E-state index in [0.29, 0.717) is 0 Å². The first-order chi connectivity index (χ1) is 5.75. The molecular formula is C9H12O3. The van der Waals surface area contributed by atoms with Gasteiger partial charge in [0.15, 0.2) is 6.29 Å². The molecular weight excluding hydrogens is 156 g/mol. The number of rotatable bonds is 3. The first kappa shape index (κ1) is 9.19. The van der Waals surface area contributed by atoms with Crippen molar-refractivity contribution in [1.82, 2.24) is 0 Å². The molecule has 12 heavy (non-hydrogen) atoms. The second-order valence-corrected chi connectivity index (χ2v) is 2.48. The van der Waals surface area contributed by atoms with Crippen molar-refractivity contribution < 1.29 is 14.9 Å². The molecule has 3 heteroatoms. The van der Waals surface area contributed by atoms with E-state index in [1.807, 2.05) is 18.2 Å². The number of hydrogen-bond donors (Lipinski definition) is 2. The predicted octanol–water partition coefficient (Wildman–Crippen LogP) is 0.685. The Kier molecular flexibility index (Phi) is 3.22. The zero-order valence-corrected chi connectivity index (χ0v) is 6.84. The first-order valence-corrected chi connectivity index (χ1v) is 3.69. The molecule has 0 saturated carbocycles. The molecule has 1 aromatic carbocycles. The van der Waals surface area contributed by atoms with E-state index in [1.54, 1.807) is 12.1 Å². The zero-order valence-electron chi connectivity index (χ0n) is 6.84. The number of ether oxygens (including phenoxy) is 1. The van der Waals surface area contributed by atoms with Crippen LogP contribution in [0.15, 0.2) is 30.3 Å². The first-order valence-electron chi connectivity index (χ1n) is 3.69. The summed E-state index contributed by atoms with van der Waals surface area (Å²) in [7, 11) is 1.44. The van der Waals surface area contributed by atoms with Crippen molar-refractivity contribution in [2.45, 2.75) is 12.4 Å². The third-order valence-corrected chi connectivity index (χ3v) is 1.65. The van der Waals surface area contributed by atoms with E-state index in [-0.39, 0.29) is 0 Å². The van der Waals surface area contributed by atoms with Gasteiger partial charge < -0.3 is 14.9 Å². The fraction of sp³-hybridized carbons (Fsp3) is 0.333. The van der Waals surface area contributed by atoms with Crippen LogP contribution in [0.1, 0.15) is 11.7 Å². The van der Waals surface area contributed by atoms with Crippen LogP contribution in [0.5, 0.6) is 0 Å². The standard InChI is InChI=1S/C9H12O3/c1-12-8(9(10)11)7-5-3-2-4-6-7/h2-6,8-11H,1H3/t8-/m1/s1. The van der Waals surface area contributed by atoms with Gasteiger partial charge in [-0.05, 0) is 5.56 Å². The minimum atomic E-state index is -1.47. The van der Waals surface area contributed by atoms with Gasteiger partial charge in [0, 0.05) is 7.11 Å². The van der Waals surface area contributed by atoms with Crippen LogP contribution in [-0.4, -0.2) is 23.6 Å². The minimum absolute atomic E-state index is 0.661. The van der Waals surface area contributed by atoms with Crippen LogP contribution in [0.4, 0.5) is 0 Å². The maximum atomic E-state index is 8.90. The molecule has 0 spiro atoms. The smallest absolute Gasteiger partial charge is 0.182 e. The van der Waals surface area contributed by atoms with Crippen LogP contribution in [0.2, 0.25) is 0 Å². The average Bonchev–Trinajstić information content (AvgIpc) is 2.07. The van der Waals surface area contributed by atoms with Gasteiger partial charge >= 0.3 is 0 Å². The lowest BCUT2D eigenvalue weighted by atomic mass is 10.1. The highest BCUT2D eigenvalue weighted by atomic mass is 16.5. The van der Waals surface area contributed by atoms with E-state index in [9.17, 15) is 0 Å². The lowest BCUT2D eigenvalue weighted by molar-refractivity contribution is -0.136. The summed E-state index contributed by atoms with van der Waals surface area (Å²) in [5.74, 6) is 0. The van der Waals surface area contributed by atoms with Crippen molar-refractivity contribution in [3.63, 3.8) is 0 Å². The molecule has 0 aromatic heterocycles. The molecule has 0 aliphatic heterocycles. The third kappa shape index (κ3) is 2.04. The molecule has 3 nitrogen and oxygen atoms in total. The lowest BCUT2D eigenvalue weighted by Gasteiger charge is -2.16. The molecule has 1 atom stereocenters. The van der Waals surface area contributed by atoms with E-state index >= 15 is 0 Å². The van der Waals surface area contributed by atoms with Crippen LogP contribution in [0.25, 0.3) is 0 Å². The molecule has 1 rings (SSSR count). The summed E-state index contributed by atoms with van der Waals surface area (Å²) in [4.78, 5) is 0. The monoisotopic (exact) mass is 168 g/mol. The highest BCUT2D eigenvalue weighted by molar-refractivity contribution is 5.17. The second kappa shape index (κ2) is 4.21. The number of benzene rings is 1. The molecule has 0 heterocycles. The Morgan fingerprint density at radius 1 is 1.17 bits per heavy atom. The molecule has 0 fully saturated rings. The molecule has 0 unspecified atom stereocenters. The molecule has 0 bridgehead atoms. The highest BCUT2D eigenvalue weighted by Gasteiger charge is 2.16. The van der Waals surface area contributed by atoms with Crippen molar-refractivity contribution in [1.29, 1.82) is 0 Å². The molecule has 0 radical (unpaired) electrons. The molecule has 0 aliphatic carbocycles. The Labute approximate surface area is 71.2 Å². The van der Waals surface area contributed by atoms with Gasteiger partial charge in [-0.25, -0.2) is 0 Å². The van der Waals surface area contributed by atoms with Crippen LogP contribution in [-0.2, 0) is 4.74 Å². The topological polar surface area (TPSA) is 49.7 Å². The fourth-order valence-corrected chi connectivity index (χ4v) is 1.07. The van der Waals surface area contributed by atoms with E-state index < -0.39 is 12.4 Å². The summed E-state index contributed by atoms with van der Waals surface area (Å²) in [6.07, 6.45) is -2.14. The Morgan fingerprint density at radius 3 is 2.17 bits per heavy atom. The SMILES string of the molecule is CO[C@H](c1ccccc1)C(O)O. The zero-order chi connectivity index (χ0) is 8.97. The Morgan fingerprint density at radius 2 is 1.75 bits per heavy atom. The van der Waals surface area contributed by atoms with Gasteiger partial charge in [0.2, 0.25) is 0 Å². The summed E-state index contributed by atoms with van der Waals surface area (Å²) >= 11 is 0. The van der Waals surface area contributed by atoms with Crippen molar-refractivity contribution in [2.24, 2.45) is 0 Å². The molecule has 66 valence electrons. The predicted molar refractivity (Wildman–Crippen MR) is 44.4 cm³/mol. The quantitative estimate of drug-likeness (QED) is 0.653. The number of methoxy groups -OCH3 is 1. The van der Waals surface area contributed by atoms with Crippen molar-refractivity contribution >= 4 is 0 Å². The fourth-order valence-electron chi connectivity index (χ4n) is 1.07. The van der Waals surface area contributed by atoms with Gasteiger partial charge in [-0.15, -0.1) is 0 Å².